The number of amides is 2. The van der Waals surface area contributed by atoms with E-state index in [1.54, 1.807) is 42.1 Å². The van der Waals surface area contributed by atoms with Crippen molar-refractivity contribution in [3.05, 3.63) is 75.4 Å². The fourth-order valence-electron chi connectivity index (χ4n) is 3.44. The van der Waals surface area contributed by atoms with Gasteiger partial charge >= 0.3 is 0 Å². The van der Waals surface area contributed by atoms with Gasteiger partial charge in [-0.15, -0.1) is 0 Å². The second-order valence-corrected chi connectivity index (χ2v) is 10.1. The van der Waals surface area contributed by atoms with E-state index < -0.39 is 0 Å². The van der Waals surface area contributed by atoms with Crippen molar-refractivity contribution in [3.63, 3.8) is 0 Å². The van der Waals surface area contributed by atoms with Crippen LogP contribution in [0.15, 0.2) is 48.5 Å². The Morgan fingerprint density at radius 3 is 2.43 bits per heavy atom. The molecule has 1 heterocycles. The second-order valence-electron chi connectivity index (χ2n) is 9.26. The van der Waals surface area contributed by atoms with Crippen molar-refractivity contribution in [2.24, 2.45) is 0 Å². The number of carbonyl (C=O) groups excluding carboxylic acids is 2. The van der Waals surface area contributed by atoms with Gasteiger partial charge in [-0.2, -0.15) is 5.10 Å². The van der Waals surface area contributed by atoms with E-state index in [9.17, 15) is 9.59 Å². The highest BCUT2D eigenvalue weighted by atomic mass is 35.5. The molecule has 0 unspecified atom stereocenters. The van der Waals surface area contributed by atoms with Crippen LogP contribution in [0.25, 0.3) is 5.69 Å². The SMILES string of the molecule is COCCN(CC(=O)Nc1cc(C(C)(C)C)nn1-c1ccc(Cl)c(Cl)c1)C(=O)c1ccccc1C. The molecular weight excluding hydrogens is 487 g/mol. The molecule has 2 amide bonds. The average molecular weight is 517 g/mol. The van der Waals surface area contributed by atoms with Gasteiger partial charge in [-0.25, -0.2) is 4.68 Å². The lowest BCUT2D eigenvalue weighted by Gasteiger charge is -2.23. The molecule has 0 saturated heterocycles. The standard InChI is InChI=1S/C26H30Cl2N4O3/c1-17-8-6-7-9-19(17)25(34)31(12-13-35-5)16-24(33)29-23-15-22(26(2,3)4)30-32(23)18-10-11-20(27)21(28)14-18/h6-11,14-15H,12-13,16H2,1-5H3,(H,29,33). The van der Waals surface area contributed by atoms with Crippen molar-refractivity contribution in [1.82, 2.24) is 14.7 Å². The molecule has 0 radical (unpaired) electrons. The van der Waals surface area contributed by atoms with E-state index >= 15 is 0 Å². The number of anilines is 1. The molecule has 3 rings (SSSR count). The first-order valence-electron chi connectivity index (χ1n) is 11.2. The number of benzene rings is 2. The summed E-state index contributed by atoms with van der Waals surface area (Å²) in [7, 11) is 1.56. The van der Waals surface area contributed by atoms with Crippen LogP contribution < -0.4 is 5.32 Å². The van der Waals surface area contributed by atoms with Gasteiger partial charge in [0.25, 0.3) is 5.91 Å². The summed E-state index contributed by atoms with van der Waals surface area (Å²) in [5.41, 5.74) is 2.57. The predicted molar refractivity (Wildman–Crippen MR) is 140 cm³/mol. The van der Waals surface area contributed by atoms with Gasteiger partial charge in [-0.1, -0.05) is 62.2 Å². The molecule has 0 aliphatic rings. The molecule has 0 aliphatic carbocycles. The Kier molecular flexibility index (Phi) is 8.59. The number of halogens is 2. The zero-order valence-electron chi connectivity index (χ0n) is 20.6. The largest absolute Gasteiger partial charge is 0.383 e. The topological polar surface area (TPSA) is 76.5 Å². The molecule has 0 spiro atoms. The molecule has 0 aliphatic heterocycles. The third-order valence-electron chi connectivity index (χ3n) is 5.46. The average Bonchev–Trinajstić information content (AvgIpc) is 3.22. The first kappa shape index (κ1) is 26.7. The minimum Gasteiger partial charge on any atom is -0.383 e. The van der Waals surface area contributed by atoms with Gasteiger partial charge in [-0.05, 0) is 36.8 Å². The lowest BCUT2D eigenvalue weighted by Crippen LogP contribution is -2.40. The Bertz CT molecular complexity index is 1220. The molecule has 0 saturated carbocycles. The molecule has 0 fully saturated rings. The van der Waals surface area contributed by atoms with Crippen LogP contribution in [0, 0.1) is 6.92 Å². The van der Waals surface area contributed by atoms with Crippen molar-refractivity contribution in [1.29, 1.82) is 0 Å². The van der Waals surface area contributed by atoms with Crippen molar-refractivity contribution in [3.8, 4) is 5.69 Å². The van der Waals surface area contributed by atoms with E-state index in [1.807, 2.05) is 45.9 Å². The number of aromatic nitrogens is 2. The summed E-state index contributed by atoms with van der Waals surface area (Å²) in [5.74, 6) is -0.123. The highest BCUT2D eigenvalue weighted by Gasteiger charge is 2.24. The number of hydrogen-bond donors (Lipinski definition) is 1. The molecule has 0 bridgehead atoms. The number of methoxy groups -OCH3 is 1. The summed E-state index contributed by atoms with van der Waals surface area (Å²) in [5, 5.41) is 8.41. The number of hydrogen-bond acceptors (Lipinski definition) is 4. The van der Waals surface area contributed by atoms with Crippen molar-refractivity contribution in [2.45, 2.75) is 33.1 Å². The third kappa shape index (κ3) is 6.63. The van der Waals surface area contributed by atoms with Gasteiger partial charge in [0.05, 0.1) is 28.0 Å². The monoisotopic (exact) mass is 516 g/mol. The first-order chi connectivity index (χ1) is 16.5. The van der Waals surface area contributed by atoms with Crippen molar-refractivity contribution >= 4 is 40.8 Å². The van der Waals surface area contributed by atoms with E-state index in [0.717, 1.165) is 11.3 Å². The Hall–Kier alpha value is -2.87. The number of nitrogens with one attached hydrogen (secondary N) is 1. The summed E-state index contributed by atoms with van der Waals surface area (Å²) >= 11 is 12.3. The normalized spacial score (nSPS) is 11.4. The Balaban J connectivity index is 1.89. The molecule has 186 valence electrons. The second kappa shape index (κ2) is 11.2. The number of aryl methyl sites for hydroxylation is 1. The maximum Gasteiger partial charge on any atom is 0.254 e. The van der Waals surface area contributed by atoms with E-state index in [-0.39, 0.29) is 30.3 Å². The number of carbonyl (C=O) groups is 2. The van der Waals surface area contributed by atoms with Gasteiger partial charge in [-0.3, -0.25) is 9.59 Å². The van der Waals surface area contributed by atoms with Crippen LogP contribution in [0.3, 0.4) is 0 Å². The van der Waals surface area contributed by atoms with Crippen molar-refractivity contribution < 1.29 is 14.3 Å². The minimum absolute atomic E-state index is 0.145. The van der Waals surface area contributed by atoms with Gasteiger partial charge in [0, 0.05) is 30.7 Å². The van der Waals surface area contributed by atoms with E-state index in [4.69, 9.17) is 33.0 Å². The minimum atomic E-state index is -0.357. The van der Waals surface area contributed by atoms with Crippen LogP contribution in [0.4, 0.5) is 5.82 Å². The summed E-state index contributed by atoms with van der Waals surface area (Å²) < 4.78 is 6.78. The fourth-order valence-corrected chi connectivity index (χ4v) is 3.74. The third-order valence-corrected chi connectivity index (χ3v) is 6.19. The van der Waals surface area contributed by atoms with Crippen LogP contribution in [-0.4, -0.2) is 53.3 Å². The Morgan fingerprint density at radius 1 is 1.09 bits per heavy atom. The lowest BCUT2D eigenvalue weighted by molar-refractivity contribution is -0.117. The molecule has 9 heteroatoms. The number of ether oxygens (including phenoxy) is 1. The molecular formula is C26H30Cl2N4O3. The summed E-state index contributed by atoms with van der Waals surface area (Å²) in [6.45, 7) is 8.41. The quantitative estimate of drug-likeness (QED) is 0.428. The molecule has 3 aromatic rings. The zero-order chi connectivity index (χ0) is 25.8. The van der Waals surface area contributed by atoms with Gasteiger partial charge < -0.3 is 15.0 Å². The van der Waals surface area contributed by atoms with Crippen LogP contribution in [0.1, 0.15) is 42.4 Å². The summed E-state index contributed by atoms with van der Waals surface area (Å²) in [6.07, 6.45) is 0. The van der Waals surface area contributed by atoms with Crippen LogP contribution >= 0.6 is 23.2 Å². The van der Waals surface area contributed by atoms with Crippen molar-refractivity contribution in [2.75, 3.05) is 32.1 Å². The van der Waals surface area contributed by atoms with Crippen LogP contribution in [-0.2, 0) is 14.9 Å². The first-order valence-corrected chi connectivity index (χ1v) is 12.0. The number of rotatable bonds is 8. The molecule has 35 heavy (non-hydrogen) atoms. The zero-order valence-corrected chi connectivity index (χ0v) is 22.1. The Labute approximate surface area is 216 Å². The molecule has 0 atom stereocenters. The smallest absolute Gasteiger partial charge is 0.254 e. The lowest BCUT2D eigenvalue weighted by atomic mass is 9.92. The molecule has 2 aromatic carbocycles. The van der Waals surface area contributed by atoms with Crippen LogP contribution in [0.5, 0.6) is 0 Å². The van der Waals surface area contributed by atoms with E-state index in [1.165, 1.54) is 4.90 Å². The maximum atomic E-state index is 13.2. The van der Waals surface area contributed by atoms with Gasteiger partial charge in [0.2, 0.25) is 5.91 Å². The highest BCUT2D eigenvalue weighted by molar-refractivity contribution is 6.42. The molecule has 1 N–H and O–H groups in total. The van der Waals surface area contributed by atoms with Gasteiger partial charge in [0.1, 0.15) is 12.4 Å². The fraction of sp³-hybridized carbons (Fsp3) is 0.346. The van der Waals surface area contributed by atoms with Crippen LogP contribution in [0.2, 0.25) is 10.0 Å². The molecule has 7 nitrogen and oxygen atoms in total. The van der Waals surface area contributed by atoms with Gasteiger partial charge in [0.15, 0.2) is 0 Å². The summed E-state index contributed by atoms with van der Waals surface area (Å²) in [6, 6.07) is 14.3. The number of nitrogens with zero attached hydrogens (tertiary/aromatic N) is 3. The Morgan fingerprint density at radius 2 is 1.80 bits per heavy atom. The van der Waals surface area contributed by atoms with E-state index in [2.05, 4.69) is 5.32 Å². The summed E-state index contributed by atoms with van der Waals surface area (Å²) in [4.78, 5) is 27.8. The van der Waals surface area contributed by atoms with E-state index in [0.29, 0.717) is 33.7 Å². The molecule has 1 aromatic heterocycles. The predicted octanol–water partition coefficient (Wildman–Crippen LogP) is 5.51. The highest BCUT2D eigenvalue weighted by Crippen LogP contribution is 2.29. The maximum absolute atomic E-state index is 13.2.